The van der Waals surface area contributed by atoms with Crippen LogP contribution in [-0.2, 0) is 18.3 Å². The first-order valence-corrected chi connectivity index (χ1v) is 12.3. The summed E-state index contributed by atoms with van der Waals surface area (Å²) in [6.45, 7) is 1.66. The molecule has 0 spiro atoms. The van der Waals surface area contributed by atoms with Crippen molar-refractivity contribution in [1.29, 1.82) is 0 Å². The van der Waals surface area contributed by atoms with E-state index in [4.69, 9.17) is 10.5 Å². The Kier molecular flexibility index (Phi) is 7.51. The van der Waals surface area contributed by atoms with Crippen LogP contribution in [0.15, 0.2) is 88.8 Å². The van der Waals surface area contributed by atoms with Gasteiger partial charge in [-0.15, -0.1) is 11.3 Å². The molecule has 0 saturated carbocycles. The predicted octanol–water partition coefficient (Wildman–Crippen LogP) is 6.73. The first-order valence-electron chi connectivity index (χ1n) is 10.7. The Balaban J connectivity index is 1.57. The van der Waals surface area contributed by atoms with Crippen LogP contribution in [0.5, 0.6) is 5.75 Å². The number of nitrogens with zero attached hydrogens (tertiary/aromatic N) is 1. The van der Waals surface area contributed by atoms with E-state index in [0.29, 0.717) is 32.7 Å². The Morgan fingerprint density at radius 3 is 2.51 bits per heavy atom. The minimum absolute atomic E-state index is 0.0882. The van der Waals surface area contributed by atoms with E-state index in [1.165, 1.54) is 23.6 Å². The molecule has 4 aromatic rings. The molecule has 1 atom stereocenters. The average molecular weight is 517 g/mol. The zero-order chi connectivity index (χ0) is 25.1. The monoisotopic (exact) mass is 516 g/mol. The minimum atomic E-state index is -4.54. The molecule has 0 fully saturated rings. The number of aromatic nitrogens is 1. The van der Waals surface area contributed by atoms with E-state index in [-0.39, 0.29) is 11.5 Å². The summed E-state index contributed by atoms with van der Waals surface area (Å²) in [5.41, 5.74) is 5.61. The van der Waals surface area contributed by atoms with Crippen molar-refractivity contribution in [1.82, 2.24) is 4.98 Å². The highest BCUT2D eigenvalue weighted by atomic mass is 32.2. The van der Waals surface area contributed by atoms with Gasteiger partial charge in [-0.3, -0.25) is 0 Å². The molecular formula is C26H23F3N2O2S2. The molecule has 0 aliphatic heterocycles. The maximum atomic E-state index is 14.0. The van der Waals surface area contributed by atoms with Gasteiger partial charge in [0.1, 0.15) is 17.4 Å². The molecule has 1 aromatic heterocycles. The molecular weight excluding hydrogens is 493 g/mol. The Hall–Kier alpha value is -2.85. The van der Waals surface area contributed by atoms with Gasteiger partial charge in [0.25, 0.3) is 0 Å². The number of hydrogen-bond donors (Lipinski definition) is 2. The number of hydrogen-bond acceptors (Lipinski definition) is 6. The van der Waals surface area contributed by atoms with Crippen molar-refractivity contribution in [3.8, 4) is 16.2 Å². The third-order valence-electron chi connectivity index (χ3n) is 5.17. The number of aliphatic hydroxyl groups is 1. The summed E-state index contributed by atoms with van der Waals surface area (Å²) in [4.78, 5) is 5.47. The van der Waals surface area contributed by atoms with Crippen LogP contribution in [0.2, 0.25) is 0 Å². The molecule has 0 saturated heterocycles. The van der Waals surface area contributed by atoms with Crippen LogP contribution < -0.4 is 10.5 Å². The fourth-order valence-electron chi connectivity index (χ4n) is 3.23. The summed E-state index contributed by atoms with van der Waals surface area (Å²) >= 11 is 2.19. The zero-order valence-electron chi connectivity index (χ0n) is 18.8. The SMILES string of the molecule is C[C@](N)(CO)c1ncc(-c2ccc(Sc3cccc(OCc4ccccc4)c3)c(C(F)(F)F)c2)s1. The minimum Gasteiger partial charge on any atom is -0.489 e. The summed E-state index contributed by atoms with van der Waals surface area (Å²) < 4.78 is 47.8. The van der Waals surface area contributed by atoms with E-state index >= 15 is 0 Å². The molecule has 0 amide bonds. The molecule has 182 valence electrons. The molecule has 35 heavy (non-hydrogen) atoms. The second-order valence-corrected chi connectivity index (χ2v) is 10.3. The van der Waals surface area contributed by atoms with Crippen molar-refractivity contribution in [2.45, 2.75) is 35.0 Å². The molecule has 1 heterocycles. The van der Waals surface area contributed by atoms with Gasteiger partial charge in [0, 0.05) is 16.0 Å². The molecule has 0 bridgehead atoms. The van der Waals surface area contributed by atoms with E-state index in [9.17, 15) is 18.3 Å². The summed E-state index contributed by atoms with van der Waals surface area (Å²) in [5.74, 6) is 0.579. The summed E-state index contributed by atoms with van der Waals surface area (Å²) in [6, 6.07) is 20.9. The third-order valence-corrected chi connectivity index (χ3v) is 7.57. The summed E-state index contributed by atoms with van der Waals surface area (Å²) in [5, 5.41) is 9.90. The van der Waals surface area contributed by atoms with Crippen LogP contribution in [-0.4, -0.2) is 16.7 Å². The van der Waals surface area contributed by atoms with Crippen molar-refractivity contribution in [3.05, 3.63) is 95.1 Å². The van der Waals surface area contributed by atoms with Crippen molar-refractivity contribution >= 4 is 23.1 Å². The average Bonchev–Trinajstić information content (AvgIpc) is 3.35. The quantitative estimate of drug-likeness (QED) is 0.272. The van der Waals surface area contributed by atoms with Crippen molar-refractivity contribution in [2.75, 3.05) is 6.61 Å². The summed E-state index contributed by atoms with van der Waals surface area (Å²) in [6.07, 6.45) is -3.06. The molecule has 3 aromatic carbocycles. The normalized spacial score (nSPS) is 13.4. The maximum Gasteiger partial charge on any atom is 0.417 e. The number of thiazole rings is 1. The highest BCUT2D eigenvalue weighted by Crippen LogP contribution is 2.43. The lowest BCUT2D eigenvalue weighted by Gasteiger charge is -2.17. The van der Waals surface area contributed by atoms with Gasteiger partial charge in [-0.25, -0.2) is 4.98 Å². The van der Waals surface area contributed by atoms with Crippen molar-refractivity contribution in [2.24, 2.45) is 5.73 Å². The first kappa shape index (κ1) is 25.2. The molecule has 9 heteroatoms. The fourth-order valence-corrected chi connectivity index (χ4v) is 5.19. The smallest absolute Gasteiger partial charge is 0.417 e. The van der Waals surface area contributed by atoms with Crippen LogP contribution in [0.1, 0.15) is 23.1 Å². The van der Waals surface area contributed by atoms with Gasteiger partial charge in [-0.1, -0.05) is 54.2 Å². The molecule has 0 aliphatic carbocycles. The lowest BCUT2D eigenvalue weighted by atomic mass is 10.1. The number of aliphatic hydroxyl groups excluding tert-OH is 1. The Morgan fingerprint density at radius 2 is 1.80 bits per heavy atom. The van der Waals surface area contributed by atoms with Gasteiger partial charge >= 0.3 is 6.18 Å². The second kappa shape index (κ2) is 10.4. The van der Waals surface area contributed by atoms with Gasteiger partial charge in [0.2, 0.25) is 0 Å². The number of nitrogens with two attached hydrogens (primary N) is 1. The second-order valence-electron chi connectivity index (χ2n) is 8.17. The first-order chi connectivity index (χ1) is 16.7. The van der Waals surface area contributed by atoms with Crippen LogP contribution in [0.3, 0.4) is 0 Å². The van der Waals surface area contributed by atoms with Gasteiger partial charge in [0.15, 0.2) is 0 Å². The molecule has 0 radical (unpaired) electrons. The lowest BCUT2D eigenvalue weighted by molar-refractivity contribution is -0.139. The molecule has 0 aliphatic rings. The van der Waals surface area contributed by atoms with Crippen molar-refractivity contribution in [3.63, 3.8) is 0 Å². The van der Waals surface area contributed by atoms with E-state index in [1.54, 1.807) is 37.3 Å². The number of ether oxygens (including phenoxy) is 1. The van der Waals surface area contributed by atoms with E-state index in [0.717, 1.165) is 23.4 Å². The third kappa shape index (κ3) is 6.24. The molecule has 0 unspecified atom stereocenters. The number of benzene rings is 3. The fraction of sp³-hybridized carbons (Fsp3) is 0.192. The standard InChI is InChI=1S/C26H23F3N2O2S2/c1-25(30,16-32)24-31-14-23(35-24)18-10-11-22(21(12-18)26(27,28)29)34-20-9-5-8-19(13-20)33-15-17-6-3-2-4-7-17/h2-14,32H,15-16,30H2,1H3/t25-/m0/s1. The molecule has 4 nitrogen and oxygen atoms in total. The Labute approximate surface area is 209 Å². The van der Waals surface area contributed by atoms with Gasteiger partial charge < -0.3 is 15.6 Å². The molecule has 4 rings (SSSR count). The number of alkyl halides is 3. The van der Waals surface area contributed by atoms with Crippen LogP contribution in [0.25, 0.3) is 10.4 Å². The maximum absolute atomic E-state index is 14.0. The number of rotatable bonds is 8. The van der Waals surface area contributed by atoms with Gasteiger partial charge in [0.05, 0.1) is 22.6 Å². The number of halogens is 3. The van der Waals surface area contributed by atoms with Crippen LogP contribution in [0, 0.1) is 0 Å². The highest BCUT2D eigenvalue weighted by molar-refractivity contribution is 7.99. The van der Waals surface area contributed by atoms with Crippen LogP contribution >= 0.6 is 23.1 Å². The lowest BCUT2D eigenvalue weighted by Crippen LogP contribution is -2.36. The topological polar surface area (TPSA) is 68.4 Å². The zero-order valence-corrected chi connectivity index (χ0v) is 20.4. The van der Waals surface area contributed by atoms with E-state index in [2.05, 4.69) is 4.98 Å². The van der Waals surface area contributed by atoms with Gasteiger partial charge in [-0.05, 0) is 48.4 Å². The van der Waals surface area contributed by atoms with E-state index in [1.807, 2.05) is 30.3 Å². The largest absolute Gasteiger partial charge is 0.489 e. The highest BCUT2D eigenvalue weighted by Gasteiger charge is 2.34. The van der Waals surface area contributed by atoms with Crippen molar-refractivity contribution < 1.29 is 23.0 Å². The molecule has 3 N–H and O–H groups in total. The Bertz CT molecular complexity index is 1290. The Morgan fingerprint density at radius 1 is 1.03 bits per heavy atom. The summed E-state index contributed by atoms with van der Waals surface area (Å²) in [7, 11) is 0. The van der Waals surface area contributed by atoms with Crippen LogP contribution in [0.4, 0.5) is 13.2 Å². The van der Waals surface area contributed by atoms with E-state index < -0.39 is 17.3 Å². The predicted molar refractivity (Wildman–Crippen MR) is 133 cm³/mol. The van der Waals surface area contributed by atoms with Gasteiger partial charge in [-0.2, -0.15) is 13.2 Å².